The fourth-order valence-electron chi connectivity index (χ4n) is 2.99. The summed E-state index contributed by atoms with van der Waals surface area (Å²) in [6, 6.07) is 4.50. The van der Waals surface area contributed by atoms with Crippen LogP contribution < -0.4 is 15.8 Å². The normalized spacial score (nSPS) is 33.6. The van der Waals surface area contributed by atoms with Crippen molar-refractivity contribution < 1.29 is 33.7 Å². The van der Waals surface area contributed by atoms with Crippen molar-refractivity contribution >= 4 is 19.4 Å². The highest BCUT2D eigenvalue weighted by atomic mass is 35.5. The lowest BCUT2D eigenvalue weighted by Crippen LogP contribution is -2.37. The summed E-state index contributed by atoms with van der Waals surface area (Å²) in [5.74, 6) is -2.63. The van der Waals surface area contributed by atoms with Crippen molar-refractivity contribution in [3.8, 4) is 5.75 Å². The number of aromatic amines is 1. The van der Waals surface area contributed by atoms with Gasteiger partial charge < -0.3 is 14.4 Å². The Hall–Kier alpha value is -2.01. The molecule has 0 saturated carbocycles. The Morgan fingerprint density at radius 1 is 1.53 bits per heavy atom. The summed E-state index contributed by atoms with van der Waals surface area (Å²) in [5.41, 5.74) is -1.21. The number of alkyl halides is 1. The molecule has 13 heteroatoms. The molecule has 0 aliphatic carbocycles. The van der Waals surface area contributed by atoms with Gasteiger partial charge >= 0.3 is 13.5 Å². The number of aryl methyl sites for hydroxylation is 1. The number of phosphoric ester groups is 1. The Labute approximate surface area is 175 Å². The van der Waals surface area contributed by atoms with Gasteiger partial charge in [0.15, 0.2) is 6.20 Å². The van der Waals surface area contributed by atoms with E-state index in [-0.39, 0.29) is 17.9 Å². The third-order valence-corrected chi connectivity index (χ3v) is 6.02. The Kier molecular flexibility index (Phi) is 5.04. The minimum atomic E-state index is -4.24. The van der Waals surface area contributed by atoms with E-state index in [1.54, 1.807) is 6.07 Å². The van der Waals surface area contributed by atoms with Crippen LogP contribution in [-0.4, -0.2) is 33.2 Å². The van der Waals surface area contributed by atoms with Gasteiger partial charge in [-0.3, -0.25) is 23.4 Å². The predicted molar refractivity (Wildman–Crippen MR) is 101 cm³/mol. The lowest BCUT2D eigenvalue weighted by molar-refractivity contribution is -0.179. The number of fused-ring (bicyclic) bond motifs is 1. The summed E-state index contributed by atoms with van der Waals surface area (Å²) in [6.07, 6.45) is -4.23. The van der Waals surface area contributed by atoms with E-state index < -0.39 is 50.3 Å². The molecule has 2 aliphatic heterocycles. The van der Waals surface area contributed by atoms with Gasteiger partial charge in [0.25, 0.3) is 5.56 Å². The monoisotopic (exact) mass is 463 g/mol. The lowest BCUT2D eigenvalue weighted by atomic mass is 10.2. The van der Waals surface area contributed by atoms with Gasteiger partial charge in [-0.15, -0.1) is 0 Å². The third kappa shape index (κ3) is 4.09. The molecule has 2 N–H and O–H groups in total. The molecule has 1 aromatic carbocycles. The summed E-state index contributed by atoms with van der Waals surface area (Å²) < 4.78 is 57.2. The maximum atomic E-state index is 15.3. The average Bonchev–Trinajstić information content (AvgIpc) is 2.93. The smallest absolute Gasteiger partial charge is 0.404 e. The minimum absolute atomic E-state index is 0.0434. The molecular weight excluding hydrogens is 446 g/mol. The fraction of sp³-hybridized carbons (Fsp3) is 0.412. The van der Waals surface area contributed by atoms with E-state index >= 15 is 4.39 Å². The largest absolute Gasteiger partial charge is 0.530 e. The number of phosphoric acid groups is 1. The van der Waals surface area contributed by atoms with Gasteiger partial charge in [-0.05, 0) is 25.1 Å². The maximum Gasteiger partial charge on any atom is 0.530 e. The van der Waals surface area contributed by atoms with Crippen LogP contribution in [0.4, 0.5) is 4.39 Å². The van der Waals surface area contributed by atoms with Crippen LogP contribution in [0, 0.1) is 6.92 Å². The molecule has 30 heavy (non-hydrogen) atoms. The predicted octanol–water partition coefficient (Wildman–Crippen LogP) is 2.18. The SMILES string of the molecule is [2H][C@@]1(n2cc(C)c(=O)[nH]c2=O)O[C@](F)(COP2(=O)OCc3cc(Cl)ccc3O2)C[C@H]1O. The Morgan fingerprint density at radius 3 is 3.07 bits per heavy atom. The van der Waals surface area contributed by atoms with Crippen molar-refractivity contribution in [1.29, 1.82) is 0 Å². The summed E-state index contributed by atoms with van der Waals surface area (Å²) in [4.78, 5) is 25.6. The number of H-pyrrole nitrogens is 1. The van der Waals surface area contributed by atoms with Crippen LogP contribution in [-0.2, 0) is 25.0 Å². The molecule has 1 saturated heterocycles. The van der Waals surface area contributed by atoms with Gasteiger partial charge in [-0.25, -0.2) is 13.8 Å². The van der Waals surface area contributed by atoms with Gasteiger partial charge in [0, 0.05) is 28.8 Å². The summed E-state index contributed by atoms with van der Waals surface area (Å²) in [6.45, 7) is 0.173. The van der Waals surface area contributed by atoms with Crippen molar-refractivity contribution in [3.05, 3.63) is 61.4 Å². The molecule has 3 heterocycles. The van der Waals surface area contributed by atoms with E-state index in [0.29, 0.717) is 15.2 Å². The standard InChI is InChI=1S/C17H17ClFN2O8P/c1-9-6-21(16(24)20-14(9)23)15-12(22)5-17(19,28-15)8-27-30(25)26-7-10-4-11(18)2-3-13(10)29-30/h2-4,6,12,15,22H,5,7-8H2,1H3,(H,20,23,24)/t12-,15-,17+,30?/m1/s1/i15D. The Balaban J connectivity index is 1.52. The second-order valence-corrected chi connectivity index (χ2v) is 8.85. The third-order valence-electron chi connectivity index (χ3n) is 4.48. The first-order chi connectivity index (χ1) is 14.4. The zero-order valence-electron chi connectivity index (χ0n) is 16.5. The number of nitrogens with zero attached hydrogens (tertiary/aromatic N) is 1. The molecule has 4 rings (SSSR count). The van der Waals surface area contributed by atoms with Crippen molar-refractivity contribution in [2.45, 2.75) is 38.1 Å². The van der Waals surface area contributed by atoms with Crippen molar-refractivity contribution in [2.24, 2.45) is 0 Å². The minimum Gasteiger partial charge on any atom is -0.404 e. The molecule has 2 aromatic rings. The van der Waals surface area contributed by atoms with Crippen molar-refractivity contribution in [2.75, 3.05) is 6.61 Å². The number of halogens is 2. The van der Waals surface area contributed by atoms with Crippen LogP contribution in [0.5, 0.6) is 5.75 Å². The first-order valence-corrected chi connectivity index (χ1v) is 10.5. The van der Waals surface area contributed by atoms with Gasteiger partial charge in [-0.2, -0.15) is 0 Å². The summed E-state index contributed by atoms with van der Waals surface area (Å²) >= 11 is 5.87. The van der Waals surface area contributed by atoms with Crippen molar-refractivity contribution in [1.82, 2.24) is 9.55 Å². The number of aliphatic hydroxyl groups is 1. The van der Waals surface area contributed by atoms with E-state index in [4.69, 9.17) is 31.3 Å². The molecular formula is C17H17ClFN2O8P. The number of aromatic nitrogens is 2. The average molecular weight is 464 g/mol. The van der Waals surface area contributed by atoms with Gasteiger partial charge in [0.1, 0.15) is 18.5 Å². The number of aliphatic hydroxyl groups excluding tert-OH is 1. The van der Waals surface area contributed by atoms with E-state index in [1.165, 1.54) is 19.1 Å². The number of ether oxygens (including phenoxy) is 1. The summed E-state index contributed by atoms with van der Waals surface area (Å²) in [7, 11) is -4.24. The van der Waals surface area contributed by atoms with Crippen LogP contribution in [0.2, 0.25) is 5.02 Å². The molecule has 1 unspecified atom stereocenters. The number of nitrogens with one attached hydrogen (secondary N) is 1. The summed E-state index contributed by atoms with van der Waals surface area (Å²) in [5, 5.41) is 10.7. The first kappa shape index (κ1) is 19.9. The number of hydrogen-bond acceptors (Lipinski definition) is 8. The van der Waals surface area contributed by atoms with E-state index in [2.05, 4.69) is 0 Å². The zero-order chi connectivity index (χ0) is 22.6. The topological polar surface area (TPSA) is 129 Å². The quantitative estimate of drug-likeness (QED) is 0.660. The zero-order valence-corrected chi connectivity index (χ0v) is 17.1. The second-order valence-electron chi connectivity index (χ2n) is 6.82. The van der Waals surface area contributed by atoms with E-state index in [9.17, 15) is 19.3 Å². The first-order valence-electron chi connectivity index (χ1n) is 9.20. The van der Waals surface area contributed by atoms with Crippen LogP contribution in [0.3, 0.4) is 0 Å². The van der Waals surface area contributed by atoms with E-state index in [1.807, 2.05) is 4.98 Å². The van der Waals surface area contributed by atoms with Gasteiger partial charge in [0.05, 0.1) is 7.98 Å². The fourth-order valence-corrected chi connectivity index (χ4v) is 4.43. The van der Waals surface area contributed by atoms with Gasteiger partial charge in [0.2, 0.25) is 5.85 Å². The number of hydrogen-bond donors (Lipinski definition) is 2. The molecule has 0 amide bonds. The van der Waals surface area contributed by atoms with Gasteiger partial charge in [-0.1, -0.05) is 11.6 Å². The van der Waals surface area contributed by atoms with Crippen LogP contribution in [0.1, 0.15) is 25.1 Å². The van der Waals surface area contributed by atoms with Crippen LogP contribution in [0.25, 0.3) is 0 Å². The molecule has 0 bridgehead atoms. The van der Waals surface area contributed by atoms with E-state index in [0.717, 1.165) is 6.20 Å². The molecule has 1 aromatic heterocycles. The lowest BCUT2D eigenvalue weighted by Gasteiger charge is -2.27. The molecule has 0 radical (unpaired) electrons. The van der Waals surface area contributed by atoms with Crippen LogP contribution >= 0.6 is 19.4 Å². The maximum absolute atomic E-state index is 15.3. The number of rotatable bonds is 4. The molecule has 162 valence electrons. The highest BCUT2D eigenvalue weighted by molar-refractivity contribution is 7.49. The molecule has 0 spiro atoms. The highest BCUT2D eigenvalue weighted by Gasteiger charge is 2.50. The van der Waals surface area contributed by atoms with Crippen LogP contribution in [0.15, 0.2) is 34.0 Å². The molecule has 2 aliphatic rings. The Bertz CT molecular complexity index is 1210. The van der Waals surface area contributed by atoms with Crippen molar-refractivity contribution in [3.63, 3.8) is 0 Å². The molecule has 10 nitrogen and oxygen atoms in total. The molecule has 1 fully saturated rings. The Morgan fingerprint density at radius 2 is 2.30 bits per heavy atom. The number of benzene rings is 1. The second kappa shape index (κ2) is 7.60. The molecule has 4 atom stereocenters. The highest BCUT2D eigenvalue weighted by Crippen LogP contribution is 2.55.